The van der Waals surface area contributed by atoms with E-state index in [4.69, 9.17) is 5.73 Å². The average molecular weight is 490 g/mol. The molecule has 1 fully saturated rings. The van der Waals surface area contributed by atoms with Crippen molar-refractivity contribution in [3.63, 3.8) is 0 Å². The zero-order valence-corrected chi connectivity index (χ0v) is 19.9. The minimum Gasteiger partial charge on any atom is -0.374 e. The van der Waals surface area contributed by atoms with Gasteiger partial charge in [-0.2, -0.15) is 4.31 Å². The number of rotatable bonds is 6. The zero-order chi connectivity index (χ0) is 22.7. The van der Waals surface area contributed by atoms with Crippen LogP contribution in [0.4, 0.5) is 5.13 Å². The summed E-state index contributed by atoms with van der Waals surface area (Å²) < 4.78 is 29.2. The van der Waals surface area contributed by atoms with E-state index < -0.39 is 16.2 Å². The number of carbonyl (C=O) groups is 1. The number of benzene rings is 2. The van der Waals surface area contributed by atoms with Gasteiger partial charge in [0.25, 0.3) is 0 Å². The van der Waals surface area contributed by atoms with Crippen LogP contribution in [0.3, 0.4) is 0 Å². The molecule has 8 nitrogen and oxygen atoms in total. The van der Waals surface area contributed by atoms with Gasteiger partial charge in [-0.05, 0) is 31.0 Å². The smallest absolute Gasteiger partial charge is 0.245 e. The molecule has 0 saturated carbocycles. The van der Waals surface area contributed by atoms with E-state index in [1.165, 1.54) is 27.4 Å². The van der Waals surface area contributed by atoms with Crippen molar-refractivity contribution < 1.29 is 13.2 Å². The van der Waals surface area contributed by atoms with Crippen molar-refractivity contribution in [1.82, 2.24) is 19.4 Å². The predicted molar refractivity (Wildman–Crippen MR) is 126 cm³/mol. The molecule has 1 aliphatic heterocycles. The Morgan fingerprint density at radius 2 is 1.84 bits per heavy atom. The van der Waals surface area contributed by atoms with E-state index in [9.17, 15) is 13.2 Å². The third-order valence-corrected chi connectivity index (χ3v) is 8.87. The monoisotopic (exact) mass is 489 g/mol. The molecule has 0 bridgehead atoms. The van der Waals surface area contributed by atoms with Crippen molar-refractivity contribution in [2.24, 2.45) is 0 Å². The van der Waals surface area contributed by atoms with Crippen LogP contribution in [0.2, 0.25) is 0 Å². The van der Waals surface area contributed by atoms with Crippen LogP contribution in [-0.4, -0.2) is 52.6 Å². The molecule has 1 aromatic heterocycles. The molecular weight excluding hydrogens is 466 g/mol. The molecule has 3 aromatic rings. The van der Waals surface area contributed by atoms with Gasteiger partial charge < -0.3 is 10.6 Å². The fourth-order valence-corrected chi connectivity index (χ4v) is 6.75. The minimum atomic E-state index is -3.81. The Hall–Kier alpha value is -2.47. The number of hydrogen-bond acceptors (Lipinski definition) is 8. The molecule has 11 heteroatoms. The van der Waals surface area contributed by atoms with Crippen molar-refractivity contribution >= 4 is 44.2 Å². The lowest BCUT2D eigenvalue weighted by molar-refractivity contribution is -0.135. The number of nitrogens with two attached hydrogens (primary N) is 1. The van der Waals surface area contributed by atoms with Crippen LogP contribution in [0.1, 0.15) is 23.7 Å². The number of aromatic nitrogens is 2. The van der Waals surface area contributed by atoms with Crippen molar-refractivity contribution in [2.45, 2.75) is 28.7 Å². The lowest BCUT2D eigenvalue weighted by Gasteiger charge is -2.43. The zero-order valence-electron chi connectivity index (χ0n) is 17.4. The normalized spacial score (nSPS) is 17.4. The number of nitrogen functional groups attached to an aromatic ring is 1. The highest BCUT2D eigenvalue weighted by Crippen LogP contribution is 2.35. The summed E-state index contributed by atoms with van der Waals surface area (Å²) in [6, 6.07) is 16.1. The topological polar surface area (TPSA) is 109 Å². The van der Waals surface area contributed by atoms with Gasteiger partial charge in [0, 0.05) is 13.1 Å². The number of sulfonamides is 1. The first-order chi connectivity index (χ1) is 15.4. The fraction of sp³-hybridized carbons (Fsp3) is 0.286. The Morgan fingerprint density at radius 3 is 2.50 bits per heavy atom. The van der Waals surface area contributed by atoms with Gasteiger partial charge in [0.1, 0.15) is 6.17 Å². The number of hydrogen-bond donors (Lipinski definition) is 1. The molecule has 0 radical (unpaired) electrons. The Balaban J connectivity index is 1.65. The third kappa shape index (κ3) is 4.80. The fourth-order valence-electron chi connectivity index (χ4n) is 3.61. The SMILES string of the molecule is Cc1ccc(S(=O)(=O)N2CCCN(C(=O)CSc3nnc(N)s3)[C@H]2c2ccccc2)cc1. The van der Waals surface area contributed by atoms with Crippen molar-refractivity contribution in [1.29, 1.82) is 0 Å². The van der Waals surface area contributed by atoms with Gasteiger partial charge >= 0.3 is 0 Å². The van der Waals surface area contributed by atoms with E-state index in [1.54, 1.807) is 29.2 Å². The summed E-state index contributed by atoms with van der Waals surface area (Å²) in [4.78, 5) is 15.1. The minimum absolute atomic E-state index is 0.121. The molecule has 1 saturated heterocycles. The Morgan fingerprint density at radius 1 is 1.12 bits per heavy atom. The third-order valence-electron chi connectivity index (χ3n) is 5.13. The van der Waals surface area contributed by atoms with E-state index in [1.807, 2.05) is 37.3 Å². The molecule has 2 N–H and O–H groups in total. The molecule has 1 aliphatic rings. The molecule has 4 rings (SSSR count). The van der Waals surface area contributed by atoms with E-state index in [2.05, 4.69) is 10.2 Å². The average Bonchev–Trinajstić information content (AvgIpc) is 3.23. The second-order valence-electron chi connectivity index (χ2n) is 7.35. The van der Waals surface area contributed by atoms with Crippen LogP contribution in [-0.2, 0) is 14.8 Å². The van der Waals surface area contributed by atoms with Gasteiger partial charge in [-0.3, -0.25) is 4.79 Å². The molecule has 1 amide bonds. The molecule has 2 heterocycles. The van der Waals surface area contributed by atoms with E-state index in [0.717, 1.165) is 11.1 Å². The van der Waals surface area contributed by atoms with Crippen LogP contribution in [0.15, 0.2) is 63.8 Å². The Kier molecular flexibility index (Phi) is 6.79. The Bertz CT molecular complexity index is 1180. The number of aryl methyl sites for hydroxylation is 1. The first-order valence-electron chi connectivity index (χ1n) is 10.0. The standard InChI is InChI=1S/C21H23N5O3S3/c1-15-8-10-17(11-9-15)32(28,29)26-13-5-12-25(19(26)16-6-3-2-4-7-16)18(27)14-30-21-24-23-20(22)31-21/h2-4,6-11,19H,5,12-14H2,1H3,(H2,22,23)/t19-/m1/s1. The summed E-state index contributed by atoms with van der Waals surface area (Å²) in [6.07, 6.45) is -0.166. The number of amides is 1. The van der Waals surface area contributed by atoms with Gasteiger partial charge in [-0.25, -0.2) is 8.42 Å². The highest BCUT2D eigenvalue weighted by molar-refractivity contribution is 8.01. The summed E-state index contributed by atoms with van der Waals surface area (Å²) in [5.41, 5.74) is 7.35. The molecule has 0 aliphatic carbocycles. The molecule has 0 unspecified atom stereocenters. The summed E-state index contributed by atoms with van der Waals surface area (Å²) >= 11 is 2.47. The number of anilines is 1. The largest absolute Gasteiger partial charge is 0.374 e. The second kappa shape index (κ2) is 9.57. The first-order valence-corrected chi connectivity index (χ1v) is 13.2. The maximum atomic E-state index is 13.6. The first kappa shape index (κ1) is 22.7. The van der Waals surface area contributed by atoms with E-state index >= 15 is 0 Å². The van der Waals surface area contributed by atoms with E-state index in [-0.39, 0.29) is 16.6 Å². The number of carbonyl (C=O) groups excluding carboxylic acids is 1. The lowest BCUT2D eigenvalue weighted by Crippen LogP contribution is -2.52. The highest BCUT2D eigenvalue weighted by Gasteiger charge is 2.40. The van der Waals surface area contributed by atoms with Crippen LogP contribution >= 0.6 is 23.1 Å². The molecule has 2 aromatic carbocycles. The van der Waals surface area contributed by atoms with E-state index in [0.29, 0.717) is 29.0 Å². The van der Waals surface area contributed by atoms with Gasteiger partial charge in [-0.15, -0.1) is 10.2 Å². The molecular formula is C21H23N5O3S3. The van der Waals surface area contributed by atoms with Gasteiger partial charge in [0.05, 0.1) is 10.6 Å². The lowest BCUT2D eigenvalue weighted by atomic mass is 10.1. The molecule has 168 valence electrons. The van der Waals surface area contributed by atoms with Crippen molar-refractivity contribution in [2.75, 3.05) is 24.6 Å². The number of thioether (sulfide) groups is 1. The molecule has 1 atom stereocenters. The Labute approximate surface area is 195 Å². The van der Waals surface area contributed by atoms with Gasteiger partial charge in [-0.1, -0.05) is 71.1 Å². The number of nitrogens with zero attached hydrogens (tertiary/aromatic N) is 4. The second-order valence-corrected chi connectivity index (χ2v) is 11.5. The van der Waals surface area contributed by atoms with Crippen LogP contribution in [0.5, 0.6) is 0 Å². The van der Waals surface area contributed by atoms with Crippen LogP contribution in [0.25, 0.3) is 0 Å². The van der Waals surface area contributed by atoms with Crippen molar-refractivity contribution in [3.8, 4) is 0 Å². The van der Waals surface area contributed by atoms with Crippen LogP contribution in [0, 0.1) is 6.92 Å². The van der Waals surface area contributed by atoms with Gasteiger partial charge in [0.15, 0.2) is 4.34 Å². The molecule has 0 spiro atoms. The quantitative estimate of drug-likeness (QED) is 0.530. The summed E-state index contributed by atoms with van der Waals surface area (Å²) in [6.45, 7) is 2.71. The highest BCUT2D eigenvalue weighted by atomic mass is 32.2. The predicted octanol–water partition coefficient (Wildman–Crippen LogP) is 3.14. The maximum Gasteiger partial charge on any atom is 0.245 e. The molecule has 32 heavy (non-hydrogen) atoms. The summed E-state index contributed by atoms with van der Waals surface area (Å²) in [5, 5.41) is 8.05. The van der Waals surface area contributed by atoms with Crippen molar-refractivity contribution in [3.05, 3.63) is 65.7 Å². The van der Waals surface area contributed by atoms with Crippen LogP contribution < -0.4 is 5.73 Å². The van der Waals surface area contributed by atoms with Gasteiger partial charge in [0.2, 0.25) is 21.1 Å². The summed E-state index contributed by atoms with van der Waals surface area (Å²) in [7, 11) is -3.81. The summed E-state index contributed by atoms with van der Waals surface area (Å²) in [5.74, 6) is -0.0439. The maximum absolute atomic E-state index is 13.6.